The van der Waals surface area contributed by atoms with Crippen molar-refractivity contribution in [3.05, 3.63) is 16.0 Å². The van der Waals surface area contributed by atoms with Crippen LogP contribution in [0, 0.1) is 6.92 Å². The van der Waals surface area contributed by atoms with Gasteiger partial charge in [0.2, 0.25) is 0 Å². The standard InChI is InChI=1S/C3H4N2OS.C3H8/c1-2-3(6)5-7-4-2;1-3-2/h1H3,(H,5,6);3H2,1-2H3. The fourth-order valence-corrected chi connectivity index (χ4v) is 0.744. The van der Waals surface area contributed by atoms with Crippen LogP contribution < -0.4 is 5.56 Å². The minimum atomic E-state index is -0.0787. The third-order valence-corrected chi connectivity index (χ3v) is 1.29. The molecule has 0 saturated carbocycles. The Morgan fingerprint density at radius 2 is 2.10 bits per heavy atom. The van der Waals surface area contributed by atoms with Gasteiger partial charge < -0.3 is 0 Å². The Kier molecular flexibility index (Phi) is 4.84. The van der Waals surface area contributed by atoms with E-state index in [1.54, 1.807) is 6.92 Å². The quantitative estimate of drug-likeness (QED) is 0.626. The number of hydrogen-bond donors (Lipinski definition) is 1. The van der Waals surface area contributed by atoms with E-state index in [1.807, 2.05) is 0 Å². The molecule has 4 heteroatoms. The van der Waals surface area contributed by atoms with Gasteiger partial charge in [-0.05, 0) is 6.92 Å². The van der Waals surface area contributed by atoms with Gasteiger partial charge in [0.15, 0.2) is 0 Å². The third-order valence-electron chi connectivity index (χ3n) is 0.650. The molecule has 58 valence electrons. The van der Waals surface area contributed by atoms with Crippen molar-refractivity contribution in [1.29, 1.82) is 0 Å². The van der Waals surface area contributed by atoms with Gasteiger partial charge in [0.25, 0.3) is 5.56 Å². The van der Waals surface area contributed by atoms with Gasteiger partial charge in [-0.3, -0.25) is 9.17 Å². The molecule has 0 amide bonds. The minimum Gasteiger partial charge on any atom is -0.267 e. The van der Waals surface area contributed by atoms with E-state index < -0.39 is 0 Å². The first-order valence-electron chi connectivity index (χ1n) is 3.23. The predicted molar refractivity (Wildman–Crippen MR) is 43.4 cm³/mol. The Labute approximate surface area is 64.4 Å². The summed E-state index contributed by atoms with van der Waals surface area (Å²) in [7, 11) is 0. The molecule has 1 heterocycles. The maximum Gasteiger partial charge on any atom is 0.280 e. The number of H-pyrrole nitrogens is 1. The molecule has 0 unspecified atom stereocenters. The highest BCUT2D eigenvalue weighted by Crippen LogP contribution is 1.79. The number of rotatable bonds is 0. The topological polar surface area (TPSA) is 45.8 Å². The van der Waals surface area contributed by atoms with Gasteiger partial charge in [-0.25, -0.2) is 0 Å². The van der Waals surface area contributed by atoms with E-state index in [9.17, 15) is 4.79 Å². The van der Waals surface area contributed by atoms with Crippen LogP contribution in [0.3, 0.4) is 0 Å². The molecule has 0 aliphatic heterocycles. The average Bonchev–Trinajstić information content (AvgIpc) is 2.19. The highest BCUT2D eigenvalue weighted by molar-refractivity contribution is 6.99. The van der Waals surface area contributed by atoms with Crippen LogP contribution >= 0.6 is 11.7 Å². The summed E-state index contributed by atoms with van der Waals surface area (Å²) in [6.45, 7) is 5.93. The van der Waals surface area contributed by atoms with Crippen molar-refractivity contribution in [2.45, 2.75) is 27.2 Å². The highest BCUT2D eigenvalue weighted by atomic mass is 32.1. The van der Waals surface area contributed by atoms with Gasteiger partial charge in [0.05, 0.1) is 0 Å². The Morgan fingerprint density at radius 3 is 2.20 bits per heavy atom. The zero-order valence-corrected chi connectivity index (χ0v) is 7.29. The number of aryl methyl sites for hydroxylation is 1. The lowest BCUT2D eigenvalue weighted by Crippen LogP contribution is -1.99. The third kappa shape index (κ3) is 3.40. The summed E-state index contributed by atoms with van der Waals surface area (Å²) in [6.07, 6.45) is 1.25. The number of nitrogens with zero attached hydrogens (tertiary/aromatic N) is 1. The minimum absolute atomic E-state index is 0.0787. The maximum absolute atomic E-state index is 10.3. The van der Waals surface area contributed by atoms with E-state index in [0.717, 1.165) is 11.7 Å². The molecule has 0 radical (unpaired) electrons. The van der Waals surface area contributed by atoms with Gasteiger partial charge in [-0.1, -0.05) is 20.3 Å². The normalized spacial score (nSPS) is 8.30. The first kappa shape index (κ1) is 9.36. The Morgan fingerprint density at radius 1 is 1.60 bits per heavy atom. The van der Waals surface area contributed by atoms with Crippen LogP contribution in [0.4, 0.5) is 0 Å². The van der Waals surface area contributed by atoms with Crippen molar-refractivity contribution in [3.63, 3.8) is 0 Å². The first-order valence-corrected chi connectivity index (χ1v) is 4.00. The van der Waals surface area contributed by atoms with Gasteiger partial charge in [-0.15, -0.1) is 0 Å². The number of hydrogen-bond acceptors (Lipinski definition) is 3. The van der Waals surface area contributed by atoms with Gasteiger partial charge in [0.1, 0.15) is 5.69 Å². The second-order valence-electron chi connectivity index (χ2n) is 1.91. The van der Waals surface area contributed by atoms with Crippen LogP contribution in [0.25, 0.3) is 0 Å². The van der Waals surface area contributed by atoms with Crippen molar-refractivity contribution >= 4 is 11.7 Å². The highest BCUT2D eigenvalue weighted by Gasteiger charge is 1.89. The molecule has 0 atom stereocenters. The molecule has 0 saturated heterocycles. The maximum atomic E-state index is 10.3. The number of aromatic amines is 1. The molecule has 0 aliphatic rings. The lowest BCUT2D eigenvalue weighted by Gasteiger charge is -1.62. The van der Waals surface area contributed by atoms with E-state index >= 15 is 0 Å². The molecular weight excluding hydrogens is 148 g/mol. The molecule has 0 spiro atoms. The monoisotopic (exact) mass is 160 g/mol. The molecule has 0 aliphatic carbocycles. The van der Waals surface area contributed by atoms with Crippen LogP contribution in [0.5, 0.6) is 0 Å². The van der Waals surface area contributed by atoms with Crippen LogP contribution in [-0.4, -0.2) is 8.75 Å². The molecular formula is C6H12N2OS. The molecule has 1 aromatic heterocycles. The van der Waals surface area contributed by atoms with E-state index in [1.165, 1.54) is 6.42 Å². The second-order valence-corrected chi connectivity index (χ2v) is 2.48. The Bertz CT molecular complexity index is 216. The largest absolute Gasteiger partial charge is 0.280 e. The van der Waals surface area contributed by atoms with Gasteiger partial charge >= 0.3 is 0 Å². The van der Waals surface area contributed by atoms with E-state index in [0.29, 0.717) is 5.69 Å². The van der Waals surface area contributed by atoms with Gasteiger partial charge in [0, 0.05) is 11.7 Å². The molecule has 1 N–H and O–H groups in total. The predicted octanol–water partition coefficient (Wildman–Crippen LogP) is 1.56. The summed E-state index contributed by atoms with van der Waals surface area (Å²) in [6, 6.07) is 0. The zero-order chi connectivity index (χ0) is 7.98. The SMILES string of the molecule is CCC.Cc1ns[nH]c1=O. The fourth-order valence-electron chi connectivity index (χ4n) is 0.248. The molecule has 1 rings (SSSR count). The summed E-state index contributed by atoms with van der Waals surface area (Å²) < 4.78 is 6.13. The second kappa shape index (κ2) is 5.17. The number of nitrogens with one attached hydrogen (secondary N) is 1. The van der Waals surface area contributed by atoms with E-state index in [-0.39, 0.29) is 5.56 Å². The van der Waals surface area contributed by atoms with Crippen molar-refractivity contribution in [2.75, 3.05) is 0 Å². The molecule has 0 fully saturated rings. The molecule has 0 bridgehead atoms. The Hall–Kier alpha value is -0.640. The number of aromatic nitrogens is 2. The van der Waals surface area contributed by atoms with Crippen molar-refractivity contribution in [3.8, 4) is 0 Å². The molecule has 1 aromatic rings. The summed E-state index contributed by atoms with van der Waals surface area (Å²) >= 11 is 1.08. The molecule has 0 aromatic carbocycles. The lowest BCUT2D eigenvalue weighted by atomic mass is 10.6. The lowest BCUT2D eigenvalue weighted by molar-refractivity contribution is 1.09. The van der Waals surface area contributed by atoms with Crippen molar-refractivity contribution in [2.24, 2.45) is 0 Å². The van der Waals surface area contributed by atoms with E-state index in [4.69, 9.17) is 0 Å². The fraction of sp³-hybridized carbons (Fsp3) is 0.667. The van der Waals surface area contributed by atoms with E-state index in [2.05, 4.69) is 22.6 Å². The van der Waals surface area contributed by atoms with Crippen LogP contribution in [0.1, 0.15) is 26.0 Å². The Balaban J connectivity index is 0.000000236. The molecule has 10 heavy (non-hydrogen) atoms. The summed E-state index contributed by atoms with van der Waals surface area (Å²) in [5.41, 5.74) is 0.468. The summed E-state index contributed by atoms with van der Waals surface area (Å²) in [5.74, 6) is 0. The average molecular weight is 160 g/mol. The zero-order valence-electron chi connectivity index (χ0n) is 6.47. The molecule has 3 nitrogen and oxygen atoms in total. The van der Waals surface area contributed by atoms with Crippen LogP contribution in [0.2, 0.25) is 0 Å². The van der Waals surface area contributed by atoms with Crippen LogP contribution in [0.15, 0.2) is 4.79 Å². The summed E-state index contributed by atoms with van der Waals surface area (Å²) in [4.78, 5) is 10.3. The smallest absolute Gasteiger partial charge is 0.267 e. The van der Waals surface area contributed by atoms with Gasteiger partial charge in [-0.2, -0.15) is 4.37 Å². The van der Waals surface area contributed by atoms with Crippen LogP contribution in [-0.2, 0) is 0 Å². The van der Waals surface area contributed by atoms with Crippen molar-refractivity contribution < 1.29 is 0 Å². The van der Waals surface area contributed by atoms with Crippen molar-refractivity contribution in [1.82, 2.24) is 8.75 Å². The first-order chi connectivity index (χ1) is 4.72. The summed E-state index contributed by atoms with van der Waals surface area (Å²) in [5, 5.41) is 0.